The molecule has 114 valence electrons. The first-order valence-corrected chi connectivity index (χ1v) is 8.00. The molecule has 1 N–H and O–H groups in total. The lowest BCUT2D eigenvalue weighted by Gasteiger charge is -2.43. The van der Waals surface area contributed by atoms with Crippen molar-refractivity contribution in [2.45, 2.75) is 31.8 Å². The lowest BCUT2D eigenvalue weighted by Crippen LogP contribution is -2.55. The topological polar surface area (TPSA) is 43.8 Å². The van der Waals surface area contributed by atoms with E-state index in [0.717, 1.165) is 26.1 Å². The molecule has 1 aromatic carbocycles. The first-order chi connectivity index (χ1) is 9.99. The van der Waals surface area contributed by atoms with Crippen LogP contribution in [0.3, 0.4) is 0 Å². The fraction of sp³-hybridized carbons (Fsp3) is 0.533. The molecular weight excluding hydrogens is 339 g/mol. The van der Waals surface area contributed by atoms with E-state index >= 15 is 0 Å². The van der Waals surface area contributed by atoms with Crippen LogP contribution in [0.15, 0.2) is 16.6 Å². The minimum atomic E-state index is -1.12. The van der Waals surface area contributed by atoms with Gasteiger partial charge in [0.15, 0.2) is 5.82 Å². The third kappa shape index (κ3) is 2.55. The minimum absolute atomic E-state index is 0.0357. The number of carboxylic acid groups (broad SMARTS) is 1. The molecule has 2 aliphatic heterocycles. The smallest absolute Gasteiger partial charge is 0.336 e. The Kier molecular flexibility index (Phi) is 3.92. The van der Waals surface area contributed by atoms with Crippen LogP contribution in [-0.2, 0) is 0 Å². The summed E-state index contributed by atoms with van der Waals surface area (Å²) in [5.74, 6) is -1.60. The molecule has 1 aromatic rings. The van der Waals surface area contributed by atoms with Crippen molar-refractivity contribution in [1.29, 1.82) is 0 Å². The number of nitrogens with zero attached hydrogens (tertiary/aromatic N) is 2. The van der Waals surface area contributed by atoms with E-state index in [2.05, 4.69) is 32.7 Å². The quantitative estimate of drug-likeness (QED) is 0.884. The van der Waals surface area contributed by atoms with E-state index in [4.69, 9.17) is 5.11 Å². The summed E-state index contributed by atoms with van der Waals surface area (Å²) in [6, 6.07) is 3.76. The number of piperazine rings is 1. The van der Waals surface area contributed by atoms with Gasteiger partial charge in [0.05, 0.1) is 15.7 Å². The molecule has 0 bridgehead atoms. The Morgan fingerprint density at radius 1 is 1.43 bits per heavy atom. The predicted molar refractivity (Wildman–Crippen MR) is 82.5 cm³/mol. The Morgan fingerprint density at radius 3 is 2.90 bits per heavy atom. The van der Waals surface area contributed by atoms with Gasteiger partial charge in [-0.15, -0.1) is 0 Å². The van der Waals surface area contributed by atoms with Crippen LogP contribution in [0.4, 0.5) is 10.1 Å². The van der Waals surface area contributed by atoms with Gasteiger partial charge in [0.2, 0.25) is 0 Å². The highest BCUT2D eigenvalue weighted by Crippen LogP contribution is 2.34. The highest BCUT2D eigenvalue weighted by molar-refractivity contribution is 9.10. The number of rotatable bonds is 2. The fourth-order valence-corrected chi connectivity index (χ4v) is 3.95. The van der Waals surface area contributed by atoms with Crippen molar-refractivity contribution >= 4 is 27.6 Å². The van der Waals surface area contributed by atoms with Gasteiger partial charge in [-0.1, -0.05) is 0 Å². The third-order valence-electron chi connectivity index (χ3n) is 4.54. The van der Waals surface area contributed by atoms with Crippen LogP contribution in [-0.4, -0.2) is 47.7 Å². The molecule has 0 radical (unpaired) electrons. The van der Waals surface area contributed by atoms with Crippen LogP contribution in [0.1, 0.15) is 30.1 Å². The maximum absolute atomic E-state index is 14.6. The molecule has 0 amide bonds. The SMILES string of the molecule is CC1CN2CCCC2CN1c1ccc(C(=O)O)c(Br)c1F. The molecule has 2 saturated heterocycles. The molecule has 2 aliphatic rings. The number of fused-ring (bicyclic) bond motifs is 1. The first kappa shape index (κ1) is 14.8. The zero-order valence-corrected chi connectivity index (χ0v) is 13.4. The Bertz CT molecular complexity index is 581. The zero-order valence-electron chi connectivity index (χ0n) is 11.9. The lowest BCUT2D eigenvalue weighted by atomic mass is 10.1. The van der Waals surface area contributed by atoms with Crippen molar-refractivity contribution in [2.24, 2.45) is 0 Å². The predicted octanol–water partition coefficient (Wildman–Crippen LogP) is 2.96. The van der Waals surface area contributed by atoms with Gasteiger partial charge in [0.1, 0.15) is 0 Å². The molecule has 0 aliphatic carbocycles. The number of anilines is 1. The second-order valence-electron chi connectivity index (χ2n) is 5.86. The van der Waals surface area contributed by atoms with Crippen molar-refractivity contribution in [3.8, 4) is 0 Å². The number of benzene rings is 1. The number of hydrogen-bond acceptors (Lipinski definition) is 3. The van der Waals surface area contributed by atoms with Gasteiger partial charge in [0.25, 0.3) is 0 Å². The normalized spacial score (nSPS) is 26.0. The van der Waals surface area contributed by atoms with E-state index in [0.29, 0.717) is 11.7 Å². The van der Waals surface area contributed by atoms with Gasteiger partial charge >= 0.3 is 5.97 Å². The van der Waals surface area contributed by atoms with E-state index in [1.165, 1.54) is 12.5 Å². The highest BCUT2D eigenvalue weighted by atomic mass is 79.9. The van der Waals surface area contributed by atoms with Crippen molar-refractivity contribution in [3.05, 3.63) is 28.0 Å². The largest absolute Gasteiger partial charge is 0.478 e. The molecule has 2 heterocycles. The van der Waals surface area contributed by atoms with Gasteiger partial charge in [-0.3, -0.25) is 4.90 Å². The van der Waals surface area contributed by atoms with Crippen molar-refractivity contribution in [1.82, 2.24) is 4.90 Å². The summed E-state index contributed by atoms with van der Waals surface area (Å²) in [5, 5.41) is 9.05. The summed E-state index contributed by atoms with van der Waals surface area (Å²) in [7, 11) is 0. The average molecular weight is 357 g/mol. The Labute approximate surface area is 131 Å². The number of carboxylic acids is 1. The standard InChI is InChI=1S/C15H18BrFN2O2/c1-9-7-18-6-2-3-10(18)8-19(9)12-5-4-11(15(20)21)13(16)14(12)17/h4-5,9-10H,2-3,6-8H2,1H3,(H,20,21). The van der Waals surface area contributed by atoms with Gasteiger partial charge < -0.3 is 10.0 Å². The van der Waals surface area contributed by atoms with Crippen LogP contribution in [0, 0.1) is 5.82 Å². The number of hydrogen-bond donors (Lipinski definition) is 1. The van der Waals surface area contributed by atoms with Crippen LogP contribution in [0.5, 0.6) is 0 Å². The molecule has 2 unspecified atom stereocenters. The monoisotopic (exact) mass is 356 g/mol. The Balaban J connectivity index is 1.93. The van der Waals surface area contributed by atoms with Crippen LogP contribution in [0.2, 0.25) is 0 Å². The van der Waals surface area contributed by atoms with Crippen molar-refractivity contribution < 1.29 is 14.3 Å². The highest BCUT2D eigenvalue weighted by Gasteiger charge is 2.35. The fourth-order valence-electron chi connectivity index (χ4n) is 3.45. The van der Waals surface area contributed by atoms with Crippen molar-refractivity contribution in [2.75, 3.05) is 24.5 Å². The maximum atomic E-state index is 14.6. The molecule has 0 saturated carbocycles. The lowest BCUT2D eigenvalue weighted by molar-refractivity contribution is 0.0695. The molecule has 4 nitrogen and oxygen atoms in total. The molecule has 2 atom stereocenters. The summed E-state index contributed by atoms with van der Waals surface area (Å²) >= 11 is 3.08. The maximum Gasteiger partial charge on any atom is 0.336 e. The molecule has 21 heavy (non-hydrogen) atoms. The van der Waals surface area contributed by atoms with E-state index in [1.807, 2.05) is 0 Å². The second-order valence-corrected chi connectivity index (χ2v) is 6.65. The summed E-state index contributed by atoms with van der Waals surface area (Å²) in [4.78, 5) is 15.6. The van der Waals surface area contributed by atoms with E-state index in [1.54, 1.807) is 6.07 Å². The number of aromatic carboxylic acids is 1. The minimum Gasteiger partial charge on any atom is -0.478 e. The molecule has 2 fully saturated rings. The Morgan fingerprint density at radius 2 is 2.19 bits per heavy atom. The molecule has 0 spiro atoms. The number of halogens is 2. The van der Waals surface area contributed by atoms with Crippen LogP contribution in [0.25, 0.3) is 0 Å². The van der Waals surface area contributed by atoms with Gasteiger partial charge in [0, 0.05) is 25.2 Å². The summed E-state index contributed by atoms with van der Waals surface area (Å²) in [5.41, 5.74) is 0.453. The summed E-state index contributed by atoms with van der Waals surface area (Å²) in [6.45, 7) is 4.96. The second kappa shape index (κ2) is 5.57. The zero-order chi connectivity index (χ0) is 15.1. The Hall–Kier alpha value is -1.14. The van der Waals surface area contributed by atoms with E-state index in [9.17, 15) is 9.18 Å². The average Bonchev–Trinajstić information content (AvgIpc) is 2.87. The molecule has 6 heteroatoms. The molecule has 3 rings (SSSR count). The first-order valence-electron chi connectivity index (χ1n) is 7.21. The summed E-state index contributed by atoms with van der Waals surface area (Å²) in [6.07, 6.45) is 2.36. The van der Waals surface area contributed by atoms with E-state index in [-0.39, 0.29) is 16.1 Å². The summed E-state index contributed by atoms with van der Waals surface area (Å²) < 4.78 is 14.6. The van der Waals surface area contributed by atoms with Gasteiger partial charge in [-0.25, -0.2) is 9.18 Å². The molecule has 0 aromatic heterocycles. The number of carbonyl (C=O) groups is 1. The van der Waals surface area contributed by atoms with Crippen LogP contribution < -0.4 is 4.90 Å². The molecular formula is C15H18BrFN2O2. The van der Waals surface area contributed by atoms with Crippen LogP contribution >= 0.6 is 15.9 Å². The van der Waals surface area contributed by atoms with Crippen molar-refractivity contribution in [3.63, 3.8) is 0 Å². The third-order valence-corrected chi connectivity index (χ3v) is 5.31. The van der Waals surface area contributed by atoms with Gasteiger partial charge in [-0.05, 0) is 54.4 Å². The van der Waals surface area contributed by atoms with Gasteiger partial charge in [-0.2, -0.15) is 0 Å². The van der Waals surface area contributed by atoms with E-state index < -0.39 is 11.8 Å².